The largest absolute Gasteiger partial charge is 0.496 e. The maximum Gasteiger partial charge on any atom is 0.317 e. The lowest BCUT2D eigenvalue weighted by Crippen LogP contribution is -2.41. The number of nitrogens with one attached hydrogen (secondary N) is 2. The number of rotatable bonds is 6. The molecule has 0 aliphatic rings. The molecule has 2 N–H and O–H groups in total. The van der Waals surface area contributed by atoms with E-state index in [1.165, 1.54) is 4.90 Å². The monoisotopic (exact) mass is 369 g/mol. The summed E-state index contributed by atoms with van der Waals surface area (Å²) in [7, 11) is 3.18. The second-order valence-electron chi connectivity index (χ2n) is 6.65. The van der Waals surface area contributed by atoms with Gasteiger partial charge in [-0.05, 0) is 38.0 Å². The number of nitrogens with zero attached hydrogens (tertiary/aromatic N) is 1. The zero-order valence-electron chi connectivity index (χ0n) is 16.6. The van der Waals surface area contributed by atoms with Gasteiger partial charge < -0.3 is 20.3 Å². The molecule has 0 radical (unpaired) electrons. The zero-order chi connectivity index (χ0) is 20.0. The van der Waals surface area contributed by atoms with Gasteiger partial charge in [0.15, 0.2) is 0 Å². The van der Waals surface area contributed by atoms with E-state index < -0.39 is 0 Å². The number of hydrogen-bond acceptors (Lipinski definition) is 3. The Bertz CT molecular complexity index is 810. The summed E-state index contributed by atoms with van der Waals surface area (Å²) in [6.45, 7) is 6.22. The van der Waals surface area contributed by atoms with Gasteiger partial charge in [0.05, 0.1) is 7.11 Å². The molecule has 0 spiro atoms. The third kappa shape index (κ3) is 5.48. The van der Waals surface area contributed by atoms with Crippen molar-refractivity contribution in [3.8, 4) is 5.75 Å². The summed E-state index contributed by atoms with van der Waals surface area (Å²) in [5.74, 6) is 0.475. The van der Waals surface area contributed by atoms with Gasteiger partial charge >= 0.3 is 6.03 Å². The average molecular weight is 369 g/mol. The number of anilines is 1. The lowest BCUT2D eigenvalue weighted by Gasteiger charge is -2.19. The molecule has 0 saturated carbocycles. The summed E-state index contributed by atoms with van der Waals surface area (Å²) in [6, 6.07) is 11.2. The number of urea groups is 1. The molecule has 0 aliphatic heterocycles. The molecular weight excluding hydrogens is 342 g/mol. The Labute approximate surface area is 160 Å². The molecule has 0 aromatic heterocycles. The van der Waals surface area contributed by atoms with Crippen LogP contribution in [0.2, 0.25) is 0 Å². The number of carbonyl (C=O) groups excluding carboxylic acids is 2. The molecule has 2 rings (SSSR count). The van der Waals surface area contributed by atoms with Crippen molar-refractivity contribution in [2.75, 3.05) is 26.0 Å². The van der Waals surface area contributed by atoms with E-state index in [0.717, 1.165) is 27.9 Å². The average Bonchev–Trinajstić information content (AvgIpc) is 2.62. The minimum atomic E-state index is -0.326. The third-order valence-corrected chi connectivity index (χ3v) is 4.29. The summed E-state index contributed by atoms with van der Waals surface area (Å²) in [6.07, 6.45) is 0. The van der Waals surface area contributed by atoms with E-state index in [-0.39, 0.29) is 18.5 Å². The quantitative estimate of drug-likeness (QED) is 0.820. The first-order chi connectivity index (χ1) is 12.8. The normalized spacial score (nSPS) is 10.3. The molecule has 2 aromatic carbocycles. The van der Waals surface area contributed by atoms with Crippen molar-refractivity contribution in [2.24, 2.45) is 0 Å². The summed E-state index contributed by atoms with van der Waals surface area (Å²) in [5, 5.41) is 5.70. The highest BCUT2D eigenvalue weighted by atomic mass is 16.5. The molecule has 0 bridgehead atoms. The van der Waals surface area contributed by atoms with Crippen molar-refractivity contribution >= 4 is 17.6 Å². The molecule has 0 aliphatic carbocycles. The van der Waals surface area contributed by atoms with E-state index in [1.807, 2.05) is 57.2 Å². The van der Waals surface area contributed by atoms with Gasteiger partial charge in [-0.25, -0.2) is 4.79 Å². The topological polar surface area (TPSA) is 70.7 Å². The minimum Gasteiger partial charge on any atom is -0.496 e. The van der Waals surface area contributed by atoms with Crippen LogP contribution in [0.1, 0.15) is 22.3 Å². The Balaban J connectivity index is 1.91. The summed E-state index contributed by atoms with van der Waals surface area (Å²) in [4.78, 5) is 26.0. The van der Waals surface area contributed by atoms with Crippen LogP contribution in [0.4, 0.5) is 10.5 Å². The van der Waals surface area contributed by atoms with Gasteiger partial charge in [-0.15, -0.1) is 0 Å². The first-order valence-electron chi connectivity index (χ1n) is 8.80. The predicted molar refractivity (Wildman–Crippen MR) is 107 cm³/mol. The summed E-state index contributed by atoms with van der Waals surface area (Å²) < 4.78 is 5.27. The molecule has 0 fully saturated rings. The SMILES string of the molecule is COc1ccccc1CNC(=O)N(C)CC(=O)Nc1c(C)cc(C)cc1C. The molecule has 0 heterocycles. The first-order valence-corrected chi connectivity index (χ1v) is 8.80. The molecule has 2 aromatic rings. The number of carbonyl (C=O) groups is 2. The number of methoxy groups -OCH3 is 1. The molecule has 0 atom stereocenters. The highest BCUT2D eigenvalue weighted by Crippen LogP contribution is 2.21. The Morgan fingerprint density at radius 3 is 2.33 bits per heavy atom. The van der Waals surface area contributed by atoms with Crippen LogP contribution in [-0.2, 0) is 11.3 Å². The van der Waals surface area contributed by atoms with Crippen LogP contribution < -0.4 is 15.4 Å². The molecular formula is C21H27N3O3. The van der Waals surface area contributed by atoms with E-state index in [1.54, 1.807) is 14.2 Å². The van der Waals surface area contributed by atoms with E-state index >= 15 is 0 Å². The molecule has 27 heavy (non-hydrogen) atoms. The summed E-state index contributed by atoms with van der Waals surface area (Å²) in [5.41, 5.74) is 4.83. The van der Waals surface area contributed by atoms with E-state index in [4.69, 9.17) is 4.74 Å². The van der Waals surface area contributed by atoms with Crippen molar-refractivity contribution in [1.29, 1.82) is 0 Å². The van der Waals surface area contributed by atoms with Gasteiger partial charge in [0.2, 0.25) is 5.91 Å². The number of ether oxygens (including phenoxy) is 1. The molecule has 6 nitrogen and oxygen atoms in total. The van der Waals surface area contributed by atoms with Crippen molar-refractivity contribution in [1.82, 2.24) is 10.2 Å². The number of aryl methyl sites for hydroxylation is 3. The second kappa shape index (κ2) is 9.07. The molecule has 0 unspecified atom stereocenters. The van der Waals surface area contributed by atoms with Gasteiger partial charge in [0.25, 0.3) is 0 Å². The Hall–Kier alpha value is -3.02. The molecule has 144 valence electrons. The number of benzene rings is 2. The van der Waals surface area contributed by atoms with Gasteiger partial charge in [0.1, 0.15) is 12.3 Å². The fraction of sp³-hybridized carbons (Fsp3) is 0.333. The standard InChI is InChI=1S/C21H27N3O3/c1-14-10-15(2)20(16(3)11-14)23-19(25)13-24(4)21(26)22-12-17-8-6-7-9-18(17)27-5/h6-11H,12-13H2,1-5H3,(H,22,26)(H,23,25). The Kier molecular flexibility index (Phi) is 6.82. The number of amides is 3. The zero-order valence-corrected chi connectivity index (χ0v) is 16.6. The van der Waals surface area contributed by atoms with Gasteiger partial charge in [-0.3, -0.25) is 4.79 Å². The van der Waals surface area contributed by atoms with Crippen LogP contribution in [0.15, 0.2) is 36.4 Å². The molecule has 6 heteroatoms. The van der Waals surface area contributed by atoms with Crippen molar-refractivity contribution in [3.05, 3.63) is 58.7 Å². The van der Waals surface area contributed by atoms with Gasteiger partial charge in [0, 0.05) is 24.8 Å². The lowest BCUT2D eigenvalue weighted by molar-refractivity contribution is -0.116. The second-order valence-corrected chi connectivity index (χ2v) is 6.65. The van der Waals surface area contributed by atoms with Gasteiger partial charge in [-0.2, -0.15) is 0 Å². The smallest absolute Gasteiger partial charge is 0.317 e. The fourth-order valence-electron chi connectivity index (χ4n) is 3.00. The maximum absolute atomic E-state index is 12.3. The van der Waals surface area contributed by atoms with Crippen molar-refractivity contribution in [3.63, 3.8) is 0 Å². The highest BCUT2D eigenvalue weighted by Gasteiger charge is 2.15. The van der Waals surface area contributed by atoms with Crippen LogP contribution in [0.5, 0.6) is 5.75 Å². The fourth-order valence-corrected chi connectivity index (χ4v) is 3.00. The highest BCUT2D eigenvalue weighted by molar-refractivity contribution is 5.95. The van der Waals surface area contributed by atoms with Crippen LogP contribution in [0, 0.1) is 20.8 Å². The van der Waals surface area contributed by atoms with Gasteiger partial charge in [-0.1, -0.05) is 35.9 Å². The Morgan fingerprint density at radius 2 is 1.70 bits per heavy atom. The van der Waals surface area contributed by atoms with E-state index in [9.17, 15) is 9.59 Å². The first kappa shape index (κ1) is 20.3. The molecule has 3 amide bonds. The van der Waals surface area contributed by atoms with Crippen molar-refractivity contribution < 1.29 is 14.3 Å². The van der Waals surface area contributed by atoms with Crippen LogP contribution in [-0.4, -0.2) is 37.5 Å². The predicted octanol–water partition coefficient (Wildman–Crippen LogP) is 3.40. The summed E-state index contributed by atoms with van der Waals surface area (Å²) >= 11 is 0. The maximum atomic E-state index is 12.3. The Morgan fingerprint density at radius 1 is 1.07 bits per heavy atom. The number of para-hydroxylation sites is 1. The third-order valence-electron chi connectivity index (χ3n) is 4.29. The van der Waals surface area contributed by atoms with E-state index in [0.29, 0.717) is 12.3 Å². The van der Waals surface area contributed by atoms with Crippen LogP contribution >= 0.6 is 0 Å². The van der Waals surface area contributed by atoms with Crippen LogP contribution in [0.25, 0.3) is 0 Å². The number of hydrogen-bond donors (Lipinski definition) is 2. The lowest BCUT2D eigenvalue weighted by atomic mass is 10.1. The number of likely N-dealkylation sites (N-methyl/N-ethyl adjacent to an activating group) is 1. The molecule has 0 saturated heterocycles. The minimum absolute atomic E-state index is 0.0372. The van der Waals surface area contributed by atoms with Crippen LogP contribution in [0.3, 0.4) is 0 Å². The van der Waals surface area contributed by atoms with Crippen molar-refractivity contribution in [2.45, 2.75) is 27.3 Å². The van der Waals surface area contributed by atoms with E-state index in [2.05, 4.69) is 10.6 Å².